The molecule has 2 aromatic carbocycles. The van der Waals surface area contributed by atoms with Gasteiger partial charge in [-0.3, -0.25) is 24.8 Å². The molecule has 2 aromatic rings. The molecular weight excluding hydrogens is 799 g/mol. The standard InChI is InChI=1S/C44H71N9O9/c1-31(2)39(48-43(57)45-15-18-51-20-24-61-25-21-51)41(55)47-35(28-33-10-8-7-9-11-33)36(54)30-53(17-14-34-12-13-37(59-5)38(29-34)60-6)50-42(56)40(32(3)4)49-44(58)46-16-19-52-22-26-62-27-23-52/h7-13,29,31-32,35-36,39-40,54H,14-28,30H2,1-6H3,(H,47,55)(H,50,56)(H2,45,48,57)(H2,46,49,58)/t35?,36?,39-,40-/m0/s1. The topological polar surface area (TPSA) is 207 Å². The van der Waals surface area contributed by atoms with Crippen LogP contribution in [-0.2, 0) is 31.9 Å². The molecule has 0 saturated carbocycles. The number of hydrazine groups is 1. The smallest absolute Gasteiger partial charge is 0.315 e. The summed E-state index contributed by atoms with van der Waals surface area (Å²) in [4.78, 5) is 58.5. The number of nitrogens with one attached hydrogen (secondary N) is 6. The Morgan fingerprint density at radius 2 is 1.24 bits per heavy atom. The zero-order valence-electron chi connectivity index (χ0n) is 37.5. The van der Waals surface area contributed by atoms with E-state index in [1.54, 1.807) is 25.3 Å². The molecule has 18 heteroatoms. The second-order valence-electron chi connectivity index (χ2n) is 16.4. The summed E-state index contributed by atoms with van der Waals surface area (Å²) in [5.74, 6) is -0.342. The second-order valence-corrected chi connectivity index (χ2v) is 16.4. The van der Waals surface area contributed by atoms with Gasteiger partial charge in [0.05, 0.1) is 52.8 Å². The first-order valence-electron chi connectivity index (χ1n) is 21.8. The van der Waals surface area contributed by atoms with Crippen LogP contribution in [0.1, 0.15) is 38.8 Å². The van der Waals surface area contributed by atoms with Crippen LogP contribution in [0.5, 0.6) is 11.5 Å². The minimum atomic E-state index is -1.20. The Hall–Kier alpha value is -4.72. The summed E-state index contributed by atoms with van der Waals surface area (Å²) < 4.78 is 21.8. The summed E-state index contributed by atoms with van der Waals surface area (Å²) in [6.45, 7) is 15.5. The number of ether oxygens (including phenoxy) is 4. The molecule has 62 heavy (non-hydrogen) atoms. The van der Waals surface area contributed by atoms with Crippen molar-refractivity contribution in [3.05, 3.63) is 59.7 Å². The Morgan fingerprint density at radius 3 is 1.76 bits per heavy atom. The molecule has 4 atom stereocenters. The third-order valence-electron chi connectivity index (χ3n) is 11.0. The number of carbonyl (C=O) groups is 4. The van der Waals surface area contributed by atoms with Crippen LogP contribution in [0.4, 0.5) is 9.59 Å². The van der Waals surface area contributed by atoms with Crippen molar-refractivity contribution < 1.29 is 43.2 Å². The van der Waals surface area contributed by atoms with Crippen molar-refractivity contribution >= 4 is 23.9 Å². The van der Waals surface area contributed by atoms with Crippen molar-refractivity contribution in [2.75, 3.05) is 106 Å². The van der Waals surface area contributed by atoms with Gasteiger partial charge in [-0.15, -0.1) is 0 Å². The monoisotopic (exact) mass is 870 g/mol. The number of hydrogen-bond acceptors (Lipinski definition) is 12. The third-order valence-corrected chi connectivity index (χ3v) is 11.0. The van der Waals surface area contributed by atoms with Gasteiger partial charge in [-0.05, 0) is 47.9 Å². The van der Waals surface area contributed by atoms with Crippen LogP contribution in [0.25, 0.3) is 0 Å². The fraction of sp³-hybridized carbons (Fsp3) is 0.636. The predicted octanol–water partition coefficient (Wildman–Crippen LogP) is 0.980. The van der Waals surface area contributed by atoms with Crippen LogP contribution >= 0.6 is 0 Å². The number of amides is 6. The highest BCUT2D eigenvalue weighted by Gasteiger charge is 2.32. The van der Waals surface area contributed by atoms with E-state index < -0.39 is 48.1 Å². The lowest BCUT2D eigenvalue weighted by atomic mass is 9.98. The van der Waals surface area contributed by atoms with Gasteiger partial charge in [-0.1, -0.05) is 64.1 Å². The van der Waals surface area contributed by atoms with Gasteiger partial charge in [-0.2, -0.15) is 0 Å². The van der Waals surface area contributed by atoms with Gasteiger partial charge in [0, 0.05) is 65.4 Å². The Bertz CT molecular complexity index is 1660. The van der Waals surface area contributed by atoms with E-state index in [4.69, 9.17) is 18.9 Å². The van der Waals surface area contributed by atoms with Crippen molar-refractivity contribution in [1.29, 1.82) is 0 Å². The molecule has 2 saturated heterocycles. The van der Waals surface area contributed by atoms with Crippen molar-refractivity contribution in [2.45, 2.75) is 64.8 Å². The number of aliphatic hydroxyl groups excluding tert-OH is 1. The van der Waals surface area contributed by atoms with Crippen LogP contribution < -0.4 is 41.5 Å². The van der Waals surface area contributed by atoms with E-state index in [1.807, 2.05) is 70.2 Å². The fourth-order valence-electron chi connectivity index (χ4n) is 7.25. The molecule has 2 fully saturated rings. The number of aliphatic hydroxyl groups is 1. The molecule has 0 radical (unpaired) electrons. The SMILES string of the molecule is COc1ccc(CCN(CC(O)C(Cc2ccccc2)NC(=O)[C@@H](NC(=O)NCCN2CCOCC2)C(C)C)NC(=O)[C@@H](NC(=O)NCCN2CCOCC2)C(C)C)cc1OC. The Kier molecular flexibility index (Phi) is 21.5. The van der Waals surface area contributed by atoms with Gasteiger partial charge >= 0.3 is 12.1 Å². The van der Waals surface area contributed by atoms with Gasteiger partial charge in [0.1, 0.15) is 12.1 Å². The summed E-state index contributed by atoms with van der Waals surface area (Å²) in [6, 6.07) is 11.5. The molecule has 7 N–H and O–H groups in total. The van der Waals surface area contributed by atoms with Gasteiger partial charge in [0.15, 0.2) is 11.5 Å². The Morgan fingerprint density at radius 1 is 0.710 bits per heavy atom. The molecule has 2 heterocycles. The quantitative estimate of drug-likeness (QED) is 0.0738. The van der Waals surface area contributed by atoms with Crippen molar-refractivity contribution in [2.24, 2.45) is 11.8 Å². The lowest BCUT2D eigenvalue weighted by molar-refractivity contribution is -0.130. The summed E-state index contributed by atoms with van der Waals surface area (Å²) in [5, 5.41) is 28.1. The van der Waals surface area contributed by atoms with Gasteiger partial charge in [-0.25, -0.2) is 14.6 Å². The van der Waals surface area contributed by atoms with Crippen LogP contribution in [0.3, 0.4) is 0 Å². The number of morpholine rings is 2. The zero-order chi connectivity index (χ0) is 44.9. The number of methoxy groups -OCH3 is 2. The minimum Gasteiger partial charge on any atom is -0.493 e. The lowest BCUT2D eigenvalue weighted by Gasteiger charge is -2.33. The maximum absolute atomic E-state index is 14.0. The molecule has 0 aromatic heterocycles. The molecule has 2 aliphatic heterocycles. The van der Waals surface area contributed by atoms with Crippen molar-refractivity contribution in [3.63, 3.8) is 0 Å². The van der Waals surface area contributed by atoms with Crippen LogP contribution in [0, 0.1) is 11.8 Å². The third kappa shape index (κ3) is 17.2. The highest BCUT2D eigenvalue weighted by molar-refractivity contribution is 5.88. The molecule has 2 unspecified atom stereocenters. The van der Waals surface area contributed by atoms with E-state index >= 15 is 0 Å². The maximum atomic E-state index is 14.0. The molecule has 18 nitrogen and oxygen atoms in total. The average molecular weight is 870 g/mol. The summed E-state index contributed by atoms with van der Waals surface area (Å²) in [6.07, 6.45) is -0.498. The van der Waals surface area contributed by atoms with Crippen LogP contribution in [0.2, 0.25) is 0 Å². The van der Waals surface area contributed by atoms with E-state index in [9.17, 15) is 24.3 Å². The number of nitrogens with zero attached hydrogens (tertiary/aromatic N) is 3. The highest BCUT2D eigenvalue weighted by atomic mass is 16.5. The number of rotatable bonds is 24. The molecule has 0 aliphatic carbocycles. The molecule has 6 amide bonds. The van der Waals surface area contributed by atoms with Crippen LogP contribution in [-0.4, -0.2) is 174 Å². The van der Waals surface area contributed by atoms with Crippen molar-refractivity contribution in [1.82, 2.24) is 46.8 Å². The Balaban J connectivity index is 1.49. The Labute approximate surface area is 367 Å². The molecule has 0 bridgehead atoms. The molecule has 2 aliphatic rings. The normalized spacial score (nSPS) is 16.8. The molecule has 0 spiro atoms. The summed E-state index contributed by atoms with van der Waals surface area (Å²) >= 11 is 0. The minimum absolute atomic E-state index is 0.0881. The second kappa shape index (κ2) is 26.7. The van der Waals surface area contributed by atoms with Crippen LogP contribution in [0.15, 0.2) is 48.5 Å². The largest absolute Gasteiger partial charge is 0.493 e. The highest BCUT2D eigenvalue weighted by Crippen LogP contribution is 2.27. The fourth-order valence-corrected chi connectivity index (χ4v) is 7.25. The summed E-state index contributed by atoms with van der Waals surface area (Å²) in [7, 11) is 3.12. The van der Waals surface area contributed by atoms with E-state index in [2.05, 4.69) is 41.8 Å². The molecule has 4 rings (SSSR count). The number of urea groups is 2. The van der Waals surface area contributed by atoms with Gasteiger partial charge in [0.25, 0.3) is 5.91 Å². The number of carbonyl (C=O) groups excluding carboxylic acids is 4. The van der Waals surface area contributed by atoms with Gasteiger partial charge in [0.2, 0.25) is 5.91 Å². The number of hydrogen-bond donors (Lipinski definition) is 7. The lowest BCUT2D eigenvalue weighted by Crippen LogP contribution is -2.60. The predicted molar refractivity (Wildman–Crippen MR) is 236 cm³/mol. The van der Waals surface area contributed by atoms with Crippen molar-refractivity contribution in [3.8, 4) is 11.5 Å². The maximum Gasteiger partial charge on any atom is 0.315 e. The molecular formula is C44H71N9O9. The van der Waals surface area contributed by atoms with E-state index in [0.29, 0.717) is 70.5 Å². The average Bonchev–Trinajstić information content (AvgIpc) is 3.26. The van der Waals surface area contributed by atoms with E-state index in [0.717, 1.165) is 37.3 Å². The first-order chi connectivity index (χ1) is 29.9. The van der Waals surface area contributed by atoms with E-state index in [-0.39, 0.29) is 31.3 Å². The first kappa shape index (κ1) is 49.9. The summed E-state index contributed by atoms with van der Waals surface area (Å²) in [5.41, 5.74) is 4.73. The molecule has 346 valence electrons. The number of benzene rings is 2. The first-order valence-corrected chi connectivity index (χ1v) is 21.8. The van der Waals surface area contributed by atoms with Gasteiger partial charge < -0.3 is 50.6 Å². The zero-order valence-corrected chi connectivity index (χ0v) is 37.5. The van der Waals surface area contributed by atoms with E-state index in [1.165, 1.54) is 0 Å².